The van der Waals surface area contributed by atoms with Crippen molar-refractivity contribution in [1.82, 2.24) is 9.88 Å². The SMILES string of the molecule is COc1cc(C=NNc2nc(-c3ccccc3)cs2)ccc1OCCN1CCOCC1. The van der Waals surface area contributed by atoms with E-state index in [0.717, 1.165) is 60.5 Å². The third kappa shape index (κ3) is 6.04. The van der Waals surface area contributed by atoms with Crippen molar-refractivity contribution >= 4 is 22.7 Å². The number of hydrazone groups is 1. The summed E-state index contributed by atoms with van der Waals surface area (Å²) in [6, 6.07) is 15.9. The van der Waals surface area contributed by atoms with Gasteiger partial charge in [0.25, 0.3) is 0 Å². The summed E-state index contributed by atoms with van der Waals surface area (Å²) in [5, 5.41) is 7.06. The Kier molecular flexibility index (Phi) is 7.49. The molecule has 2 heterocycles. The van der Waals surface area contributed by atoms with Gasteiger partial charge >= 0.3 is 0 Å². The van der Waals surface area contributed by atoms with E-state index in [0.29, 0.717) is 12.4 Å². The summed E-state index contributed by atoms with van der Waals surface area (Å²) >= 11 is 1.52. The molecule has 7 nitrogen and oxygen atoms in total. The lowest BCUT2D eigenvalue weighted by Gasteiger charge is -2.26. The normalized spacial score (nSPS) is 14.6. The summed E-state index contributed by atoms with van der Waals surface area (Å²) in [5.74, 6) is 1.42. The average Bonchev–Trinajstić information content (AvgIpc) is 3.30. The molecule has 0 aliphatic carbocycles. The van der Waals surface area contributed by atoms with Gasteiger partial charge in [-0.15, -0.1) is 11.3 Å². The maximum Gasteiger partial charge on any atom is 0.203 e. The Morgan fingerprint density at radius 2 is 2.00 bits per heavy atom. The topological polar surface area (TPSA) is 68.2 Å². The van der Waals surface area contributed by atoms with Crippen LogP contribution in [0.5, 0.6) is 11.5 Å². The van der Waals surface area contributed by atoms with E-state index in [1.54, 1.807) is 13.3 Å². The number of anilines is 1. The fraction of sp³-hybridized carbons (Fsp3) is 0.304. The summed E-state index contributed by atoms with van der Waals surface area (Å²) in [5.41, 5.74) is 5.92. The molecule has 0 bridgehead atoms. The highest BCUT2D eigenvalue weighted by molar-refractivity contribution is 7.14. The van der Waals surface area contributed by atoms with Crippen LogP contribution in [0.4, 0.5) is 5.13 Å². The first-order valence-electron chi connectivity index (χ1n) is 10.2. The minimum atomic E-state index is 0.610. The van der Waals surface area contributed by atoms with Crippen molar-refractivity contribution in [1.29, 1.82) is 0 Å². The predicted octanol–water partition coefficient (Wildman–Crippen LogP) is 3.98. The van der Waals surface area contributed by atoms with Gasteiger partial charge < -0.3 is 14.2 Å². The second-order valence-corrected chi connectivity index (χ2v) is 7.84. The van der Waals surface area contributed by atoms with Gasteiger partial charge in [-0.05, 0) is 23.8 Å². The minimum absolute atomic E-state index is 0.610. The molecular formula is C23H26N4O3S. The van der Waals surface area contributed by atoms with Gasteiger partial charge in [0.05, 0.1) is 32.2 Å². The number of nitrogens with one attached hydrogen (secondary N) is 1. The molecule has 4 rings (SSSR count). The lowest BCUT2D eigenvalue weighted by atomic mass is 10.2. The zero-order valence-electron chi connectivity index (χ0n) is 17.5. The smallest absolute Gasteiger partial charge is 0.203 e. The van der Waals surface area contributed by atoms with Crippen molar-refractivity contribution in [2.24, 2.45) is 5.10 Å². The molecule has 0 atom stereocenters. The number of thiazole rings is 1. The number of ether oxygens (including phenoxy) is 3. The number of nitrogens with zero attached hydrogens (tertiary/aromatic N) is 3. The van der Waals surface area contributed by atoms with E-state index in [4.69, 9.17) is 14.2 Å². The van der Waals surface area contributed by atoms with Crippen LogP contribution in [-0.4, -0.2) is 62.7 Å². The molecule has 1 aliphatic rings. The molecule has 162 valence electrons. The van der Waals surface area contributed by atoms with Gasteiger partial charge in [-0.1, -0.05) is 30.3 Å². The molecule has 3 aromatic rings. The number of morpholine rings is 1. The standard InChI is InChI=1S/C23H26N4O3S/c1-28-22-15-18(7-8-21(22)30-14-11-27-9-12-29-13-10-27)16-24-26-23-25-20(17-31-23)19-5-3-2-4-6-19/h2-8,15-17H,9-14H2,1H3,(H,25,26). The van der Waals surface area contributed by atoms with Crippen molar-refractivity contribution in [2.45, 2.75) is 0 Å². The summed E-state index contributed by atoms with van der Waals surface area (Å²) in [7, 11) is 1.64. The van der Waals surface area contributed by atoms with Crippen LogP contribution >= 0.6 is 11.3 Å². The molecular weight excluding hydrogens is 412 g/mol. The molecule has 0 unspecified atom stereocenters. The summed E-state index contributed by atoms with van der Waals surface area (Å²) < 4.78 is 16.8. The van der Waals surface area contributed by atoms with Crippen LogP contribution in [0, 0.1) is 0 Å². The van der Waals surface area contributed by atoms with Crippen LogP contribution in [-0.2, 0) is 4.74 Å². The van der Waals surface area contributed by atoms with E-state index < -0.39 is 0 Å². The fourth-order valence-electron chi connectivity index (χ4n) is 3.22. The molecule has 0 spiro atoms. The van der Waals surface area contributed by atoms with Crippen LogP contribution in [0.2, 0.25) is 0 Å². The number of hydrogen-bond donors (Lipinski definition) is 1. The average molecular weight is 439 g/mol. The largest absolute Gasteiger partial charge is 0.493 e. The Morgan fingerprint density at radius 3 is 2.81 bits per heavy atom. The van der Waals surface area contributed by atoms with Crippen LogP contribution in [0.1, 0.15) is 5.56 Å². The zero-order chi connectivity index (χ0) is 21.3. The Labute approximate surface area is 186 Å². The van der Waals surface area contributed by atoms with Crippen molar-refractivity contribution in [3.8, 4) is 22.8 Å². The molecule has 1 fully saturated rings. The first-order chi connectivity index (χ1) is 15.3. The number of rotatable bonds is 9. The quantitative estimate of drug-likeness (QED) is 0.403. The van der Waals surface area contributed by atoms with Crippen molar-refractivity contribution < 1.29 is 14.2 Å². The maximum absolute atomic E-state index is 5.93. The molecule has 1 saturated heterocycles. The van der Waals surface area contributed by atoms with Crippen LogP contribution in [0.15, 0.2) is 59.0 Å². The van der Waals surface area contributed by atoms with E-state index in [1.807, 2.05) is 53.9 Å². The number of aromatic nitrogens is 1. The minimum Gasteiger partial charge on any atom is -0.493 e. The van der Waals surface area contributed by atoms with Crippen molar-refractivity contribution in [3.05, 3.63) is 59.5 Å². The number of hydrogen-bond acceptors (Lipinski definition) is 8. The van der Waals surface area contributed by atoms with Gasteiger partial charge in [0.2, 0.25) is 5.13 Å². The lowest BCUT2D eigenvalue weighted by molar-refractivity contribution is 0.0321. The molecule has 1 aliphatic heterocycles. The maximum atomic E-state index is 5.93. The van der Waals surface area contributed by atoms with Gasteiger partial charge in [-0.2, -0.15) is 5.10 Å². The van der Waals surface area contributed by atoms with E-state index >= 15 is 0 Å². The van der Waals surface area contributed by atoms with Crippen molar-refractivity contribution in [3.63, 3.8) is 0 Å². The van der Waals surface area contributed by atoms with Crippen molar-refractivity contribution in [2.75, 3.05) is 52.0 Å². The van der Waals surface area contributed by atoms with Gasteiger partial charge in [0.1, 0.15) is 6.61 Å². The second kappa shape index (κ2) is 10.9. The van der Waals surface area contributed by atoms with E-state index in [-0.39, 0.29) is 0 Å². The summed E-state index contributed by atoms with van der Waals surface area (Å²) in [6.45, 7) is 4.97. The highest BCUT2D eigenvalue weighted by Crippen LogP contribution is 2.28. The molecule has 0 saturated carbocycles. The number of benzene rings is 2. The fourth-order valence-corrected chi connectivity index (χ4v) is 3.89. The van der Waals surface area contributed by atoms with E-state index in [9.17, 15) is 0 Å². The molecule has 1 N–H and O–H groups in total. The van der Waals surface area contributed by atoms with Gasteiger partial charge in [0.15, 0.2) is 11.5 Å². The molecule has 0 amide bonds. The molecule has 31 heavy (non-hydrogen) atoms. The molecule has 0 radical (unpaired) electrons. The number of methoxy groups -OCH3 is 1. The van der Waals surface area contributed by atoms with E-state index in [1.165, 1.54) is 11.3 Å². The van der Waals surface area contributed by atoms with Gasteiger partial charge in [-0.3, -0.25) is 10.3 Å². The molecule has 2 aromatic carbocycles. The van der Waals surface area contributed by atoms with Crippen LogP contribution < -0.4 is 14.9 Å². The Morgan fingerprint density at radius 1 is 1.16 bits per heavy atom. The second-order valence-electron chi connectivity index (χ2n) is 6.99. The predicted molar refractivity (Wildman–Crippen MR) is 125 cm³/mol. The highest BCUT2D eigenvalue weighted by Gasteiger charge is 2.11. The zero-order valence-corrected chi connectivity index (χ0v) is 18.3. The molecule has 1 aromatic heterocycles. The highest BCUT2D eigenvalue weighted by atomic mass is 32.1. The van der Waals surface area contributed by atoms with E-state index in [2.05, 4.69) is 20.4 Å². The third-order valence-electron chi connectivity index (χ3n) is 4.90. The third-order valence-corrected chi connectivity index (χ3v) is 5.65. The monoisotopic (exact) mass is 438 g/mol. The Balaban J connectivity index is 1.31. The first-order valence-corrected chi connectivity index (χ1v) is 11.1. The summed E-state index contributed by atoms with van der Waals surface area (Å²) in [4.78, 5) is 6.91. The summed E-state index contributed by atoms with van der Waals surface area (Å²) in [6.07, 6.45) is 1.74. The Hall–Kier alpha value is -2.94. The Bertz CT molecular complexity index is 987. The van der Waals surface area contributed by atoms with Crippen LogP contribution in [0.25, 0.3) is 11.3 Å². The van der Waals surface area contributed by atoms with Gasteiger partial charge in [-0.25, -0.2) is 4.98 Å². The molecule has 8 heteroatoms. The lowest BCUT2D eigenvalue weighted by Crippen LogP contribution is -2.38. The van der Waals surface area contributed by atoms with Gasteiger partial charge in [0, 0.05) is 30.6 Å². The first kappa shape index (κ1) is 21.3. The van der Waals surface area contributed by atoms with Crippen LogP contribution in [0.3, 0.4) is 0 Å².